The number of carbonyl (C=O) groups excluding carboxylic acids is 1. The van der Waals surface area contributed by atoms with E-state index >= 15 is 0 Å². The summed E-state index contributed by atoms with van der Waals surface area (Å²) in [6, 6.07) is 18.4. The van der Waals surface area contributed by atoms with Gasteiger partial charge in [0.05, 0.1) is 22.3 Å². The van der Waals surface area contributed by atoms with Crippen molar-refractivity contribution in [1.29, 1.82) is 0 Å². The minimum atomic E-state index is -0.425. The maximum Gasteiger partial charge on any atom is 0.344 e. The van der Waals surface area contributed by atoms with E-state index in [2.05, 4.69) is 22.0 Å². The molecule has 1 N–H and O–H groups in total. The first-order valence-electron chi connectivity index (χ1n) is 8.56. The molecule has 6 nitrogen and oxygen atoms in total. The Morgan fingerprint density at radius 1 is 1.12 bits per heavy atom. The van der Waals surface area contributed by atoms with Crippen molar-refractivity contribution in [3.05, 3.63) is 71.9 Å². The van der Waals surface area contributed by atoms with Gasteiger partial charge in [-0.3, -0.25) is 0 Å². The van der Waals surface area contributed by atoms with Crippen molar-refractivity contribution in [3.63, 3.8) is 0 Å². The molecule has 0 spiro atoms. The number of aryl methyl sites for hydroxylation is 1. The van der Waals surface area contributed by atoms with Crippen LogP contribution >= 0.6 is 0 Å². The monoisotopic (exact) mass is 346 g/mol. The quantitative estimate of drug-likeness (QED) is 0.556. The first-order valence-corrected chi connectivity index (χ1v) is 8.56. The SMILES string of the molecule is CCCc1cc(OC(=O)c2ccccc2)n(-c2nc3ccccc3[nH]2)n1. The van der Waals surface area contributed by atoms with Gasteiger partial charge in [0.15, 0.2) is 0 Å². The minimum absolute atomic E-state index is 0.348. The van der Waals surface area contributed by atoms with Crippen LogP contribution in [0.5, 0.6) is 5.88 Å². The number of carbonyl (C=O) groups is 1. The average Bonchev–Trinajstić information content (AvgIpc) is 3.26. The summed E-state index contributed by atoms with van der Waals surface area (Å²) >= 11 is 0. The molecule has 0 fully saturated rings. The van der Waals surface area contributed by atoms with E-state index in [0.29, 0.717) is 17.4 Å². The lowest BCUT2D eigenvalue weighted by atomic mass is 10.2. The zero-order chi connectivity index (χ0) is 17.9. The second-order valence-corrected chi connectivity index (χ2v) is 5.97. The number of nitrogens with one attached hydrogen (secondary N) is 1. The molecule has 2 heterocycles. The van der Waals surface area contributed by atoms with Crippen molar-refractivity contribution >= 4 is 17.0 Å². The van der Waals surface area contributed by atoms with E-state index in [-0.39, 0.29) is 0 Å². The van der Waals surface area contributed by atoms with E-state index in [9.17, 15) is 4.79 Å². The van der Waals surface area contributed by atoms with E-state index < -0.39 is 5.97 Å². The van der Waals surface area contributed by atoms with Gasteiger partial charge in [-0.25, -0.2) is 9.78 Å². The molecule has 4 aromatic rings. The fraction of sp³-hybridized carbons (Fsp3) is 0.150. The summed E-state index contributed by atoms with van der Waals surface area (Å²) in [5.74, 6) is 0.441. The summed E-state index contributed by atoms with van der Waals surface area (Å²) in [4.78, 5) is 20.2. The number of fused-ring (bicyclic) bond motifs is 1. The summed E-state index contributed by atoms with van der Waals surface area (Å²) in [5.41, 5.74) is 3.07. The van der Waals surface area contributed by atoms with Gasteiger partial charge >= 0.3 is 5.97 Å². The number of nitrogens with zero attached hydrogens (tertiary/aromatic N) is 3. The number of rotatable bonds is 5. The third kappa shape index (κ3) is 3.09. The van der Waals surface area contributed by atoms with Gasteiger partial charge in [0.25, 0.3) is 0 Å². The number of aromatic nitrogens is 4. The van der Waals surface area contributed by atoms with E-state index in [4.69, 9.17) is 4.74 Å². The summed E-state index contributed by atoms with van der Waals surface area (Å²) in [6.45, 7) is 2.08. The minimum Gasteiger partial charge on any atom is -0.404 e. The molecule has 0 atom stereocenters. The van der Waals surface area contributed by atoms with Gasteiger partial charge in [0.2, 0.25) is 11.8 Å². The number of hydrogen-bond donors (Lipinski definition) is 1. The second-order valence-electron chi connectivity index (χ2n) is 5.97. The van der Waals surface area contributed by atoms with Crippen molar-refractivity contribution in [2.45, 2.75) is 19.8 Å². The summed E-state index contributed by atoms with van der Waals surface area (Å²) in [5, 5.41) is 4.56. The highest BCUT2D eigenvalue weighted by molar-refractivity contribution is 5.90. The smallest absolute Gasteiger partial charge is 0.344 e. The largest absolute Gasteiger partial charge is 0.404 e. The van der Waals surface area contributed by atoms with E-state index in [0.717, 1.165) is 29.6 Å². The Hall–Kier alpha value is -3.41. The fourth-order valence-electron chi connectivity index (χ4n) is 2.78. The Bertz CT molecular complexity index is 1020. The predicted octanol–water partition coefficient (Wildman–Crippen LogP) is 3.92. The highest BCUT2D eigenvalue weighted by Crippen LogP contribution is 2.22. The van der Waals surface area contributed by atoms with Crippen molar-refractivity contribution in [2.24, 2.45) is 0 Å². The summed E-state index contributed by atoms with van der Waals surface area (Å²) in [6.07, 6.45) is 1.74. The number of para-hydroxylation sites is 2. The lowest BCUT2D eigenvalue weighted by molar-refractivity contribution is 0.0722. The molecule has 0 saturated heterocycles. The Morgan fingerprint density at radius 3 is 2.65 bits per heavy atom. The van der Waals surface area contributed by atoms with Crippen molar-refractivity contribution in [1.82, 2.24) is 19.7 Å². The highest BCUT2D eigenvalue weighted by Gasteiger charge is 2.17. The van der Waals surface area contributed by atoms with E-state index in [1.54, 1.807) is 35.0 Å². The molecule has 2 aromatic heterocycles. The van der Waals surface area contributed by atoms with Crippen molar-refractivity contribution in [2.75, 3.05) is 0 Å². The Balaban J connectivity index is 1.72. The number of esters is 1. The van der Waals surface area contributed by atoms with Gasteiger partial charge in [-0.05, 0) is 30.7 Å². The zero-order valence-corrected chi connectivity index (χ0v) is 14.3. The number of hydrogen-bond acceptors (Lipinski definition) is 4. The molecule has 0 aliphatic heterocycles. The lowest BCUT2D eigenvalue weighted by Gasteiger charge is -2.05. The molecule has 26 heavy (non-hydrogen) atoms. The van der Waals surface area contributed by atoms with Gasteiger partial charge in [-0.2, -0.15) is 9.78 Å². The van der Waals surface area contributed by atoms with Crippen LogP contribution in [0.3, 0.4) is 0 Å². The first-order chi connectivity index (χ1) is 12.7. The van der Waals surface area contributed by atoms with Crippen LogP contribution < -0.4 is 4.74 Å². The number of imidazole rings is 1. The molecule has 4 rings (SSSR count). The lowest BCUT2D eigenvalue weighted by Crippen LogP contribution is -2.12. The summed E-state index contributed by atoms with van der Waals surface area (Å²) in [7, 11) is 0. The van der Waals surface area contributed by atoms with Crippen LogP contribution in [0, 0.1) is 0 Å². The van der Waals surface area contributed by atoms with Crippen LogP contribution in [-0.4, -0.2) is 25.7 Å². The summed E-state index contributed by atoms with van der Waals surface area (Å²) < 4.78 is 7.16. The molecule has 130 valence electrons. The normalized spacial score (nSPS) is 11.0. The molecular formula is C20H18N4O2. The molecule has 0 aliphatic carbocycles. The van der Waals surface area contributed by atoms with Crippen LogP contribution in [0.2, 0.25) is 0 Å². The molecule has 0 unspecified atom stereocenters. The van der Waals surface area contributed by atoms with Crippen LogP contribution in [0.25, 0.3) is 17.0 Å². The van der Waals surface area contributed by atoms with Crippen molar-refractivity contribution < 1.29 is 9.53 Å². The Labute approximate surface area is 150 Å². The van der Waals surface area contributed by atoms with Crippen LogP contribution in [-0.2, 0) is 6.42 Å². The fourth-order valence-corrected chi connectivity index (χ4v) is 2.78. The third-order valence-corrected chi connectivity index (χ3v) is 4.02. The molecule has 6 heteroatoms. The van der Waals surface area contributed by atoms with Crippen LogP contribution in [0.15, 0.2) is 60.7 Å². The molecule has 0 radical (unpaired) electrons. The number of H-pyrrole nitrogens is 1. The molecule has 0 aliphatic rings. The first kappa shape index (κ1) is 16.1. The standard InChI is InChI=1S/C20H18N4O2/c1-2-8-15-13-18(26-19(25)14-9-4-3-5-10-14)24(23-15)20-21-16-11-6-7-12-17(16)22-20/h3-7,9-13H,2,8H2,1H3,(H,21,22). The Morgan fingerprint density at radius 2 is 1.88 bits per heavy atom. The van der Waals surface area contributed by atoms with Gasteiger partial charge < -0.3 is 9.72 Å². The van der Waals surface area contributed by atoms with E-state index in [1.165, 1.54) is 0 Å². The maximum atomic E-state index is 12.4. The van der Waals surface area contributed by atoms with E-state index in [1.807, 2.05) is 30.3 Å². The van der Waals surface area contributed by atoms with Gasteiger partial charge in [0.1, 0.15) is 0 Å². The zero-order valence-electron chi connectivity index (χ0n) is 14.3. The maximum absolute atomic E-state index is 12.4. The number of ether oxygens (including phenoxy) is 1. The van der Waals surface area contributed by atoms with Gasteiger partial charge in [-0.15, -0.1) is 0 Å². The molecule has 2 aromatic carbocycles. The second kappa shape index (κ2) is 6.84. The Kier molecular flexibility index (Phi) is 4.23. The predicted molar refractivity (Wildman–Crippen MR) is 98.6 cm³/mol. The molecule has 0 saturated carbocycles. The van der Waals surface area contributed by atoms with Crippen LogP contribution in [0.4, 0.5) is 0 Å². The topological polar surface area (TPSA) is 72.8 Å². The molecular weight excluding hydrogens is 328 g/mol. The third-order valence-electron chi connectivity index (χ3n) is 4.02. The van der Waals surface area contributed by atoms with Crippen LogP contribution in [0.1, 0.15) is 29.4 Å². The van der Waals surface area contributed by atoms with Gasteiger partial charge in [-0.1, -0.05) is 43.7 Å². The number of benzene rings is 2. The molecule has 0 amide bonds. The van der Waals surface area contributed by atoms with Gasteiger partial charge in [0, 0.05) is 6.07 Å². The highest BCUT2D eigenvalue weighted by atomic mass is 16.5. The molecule has 0 bridgehead atoms. The average molecular weight is 346 g/mol. The number of aromatic amines is 1. The van der Waals surface area contributed by atoms with Crippen molar-refractivity contribution in [3.8, 4) is 11.8 Å².